The number of amides is 1. The van der Waals surface area contributed by atoms with Crippen LogP contribution in [0.15, 0.2) is 0 Å². The van der Waals surface area contributed by atoms with Crippen LogP contribution in [0.25, 0.3) is 0 Å². The summed E-state index contributed by atoms with van der Waals surface area (Å²) in [5, 5.41) is 0. The molecule has 0 radical (unpaired) electrons. The van der Waals surface area contributed by atoms with Crippen LogP contribution in [-0.4, -0.2) is 43.7 Å². The lowest BCUT2D eigenvalue weighted by Gasteiger charge is -2.37. The fourth-order valence-corrected chi connectivity index (χ4v) is 2.50. The Morgan fingerprint density at radius 3 is 2.47 bits per heavy atom. The van der Waals surface area contributed by atoms with Gasteiger partial charge in [0.05, 0.1) is 6.61 Å². The molecule has 0 aromatic heterocycles. The molecule has 1 saturated heterocycles. The maximum atomic E-state index is 11.7. The summed E-state index contributed by atoms with van der Waals surface area (Å²) < 4.78 is 5.10. The Kier molecular flexibility index (Phi) is 5.88. The molecule has 5 nitrogen and oxygen atoms in total. The summed E-state index contributed by atoms with van der Waals surface area (Å²) in [4.78, 5) is 13.8. The van der Waals surface area contributed by atoms with Gasteiger partial charge < -0.3 is 4.74 Å². The second kappa shape index (κ2) is 6.93. The van der Waals surface area contributed by atoms with Crippen LogP contribution in [0, 0.1) is 11.8 Å². The van der Waals surface area contributed by atoms with E-state index in [1.54, 1.807) is 7.11 Å². The van der Waals surface area contributed by atoms with Crippen molar-refractivity contribution in [3.05, 3.63) is 0 Å². The van der Waals surface area contributed by atoms with Gasteiger partial charge in [-0.15, -0.1) is 0 Å². The normalized spacial score (nSPS) is 20.5. The third-order valence-corrected chi connectivity index (χ3v) is 3.73. The van der Waals surface area contributed by atoms with Crippen molar-refractivity contribution in [3.63, 3.8) is 0 Å². The molecule has 0 spiro atoms. The highest BCUT2D eigenvalue weighted by Crippen LogP contribution is 2.25. The molecule has 1 aliphatic heterocycles. The second-order valence-corrected chi connectivity index (χ2v) is 5.10. The Morgan fingerprint density at radius 2 is 2.06 bits per heavy atom. The topological polar surface area (TPSA) is 67.6 Å². The summed E-state index contributed by atoms with van der Waals surface area (Å²) in [5.74, 6) is 6.54. The fourth-order valence-electron chi connectivity index (χ4n) is 2.50. The van der Waals surface area contributed by atoms with Gasteiger partial charge in [-0.05, 0) is 37.8 Å². The number of rotatable bonds is 5. The first-order chi connectivity index (χ1) is 8.10. The lowest BCUT2D eigenvalue weighted by Crippen LogP contribution is -2.53. The zero-order valence-electron chi connectivity index (χ0n) is 11.1. The van der Waals surface area contributed by atoms with Crippen LogP contribution in [0.3, 0.4) is 0 Å². The van der Waals surface area contributed by atoms with E-state index in [1.165, 1.54) is 0 Å². The molecule has 1 amide bonds. The van der Waals surface area contributed by atoms with E-state index in [2.05, 4.69) is 24.2 Å². The molecule has 1 fully saturated rings. The highest BCUT2D eigenvalue weighted by Gasteiger charge is 2.30. The number of carbonyl (C=O) groups is 1. The predicted molar refractivity (Wildman–Crippen MR) is 67.1 cm³/mol. The van der Waals surface area contributed by atoms with Gasteiger partial charge in [0, 0.05) is 7.11 Å². The molecule has 0 aliphatic carbocycles. The third-order valence-electron chi connectivity index (χ3n) is 3.73. The zero-order chi connectivity index (χ0) is 12.8. The molecular formula is C12H25N3O2. The first kappa shape index (κ1) is 14.4. The van der Waals surface area contributed by atoms with Crippen molar-refractivity contribution < 1.29 is 9.53 Å². The molecule has 5 heteroatoms. The van der Waals surface area contributed by atoms with Crippen molar-refractivity contribution in [3.8, 4) is 0 Å². The summed E-state index contributed by atoms with van der Waals surface area (Å²) >= 11 is 0. The molecule has 1 unspecified atom stereocenters. The monoisotopic (exact) mass is 243 g/mol. The average Bonchev–Trinajstić information content (AvgIpc) is 2.35. The number of likely N-dealkylation sites (tertiary alicyclic amines) is 1. The van der Waals surface area contributed by atoms with Crippen LogP contribution < -0.4 is 11.3 Å². The quantitative estimate of drug-likeness (QED) is 0.415. The molecule has 0 aromatic carbocycles. The second-order valence-electron chi connectivity index (χ2n) is 5.10. The van der Waals surface area contributed by atoms with Gasteiger partial charge in [0.25, 0.3) is 5.91 Å². The van der Waals surface area contributed by atoms with Gasteiger partial charge in [-0.2, -0.15) is 0 Å². The zero-order valence-corrected chi connectivity index (χ0v) is 11.1. The summed E-state index contributed by atoms with van der Waals surface area (Å²) in [7, 11) is 1.61. The Labute approximate surface area is 104 Å². The van der Waals surface area contributed by atoms with Crippen LogP contribution in [0.5, 0.6) is 0 Å². The van der Waals surface area contributed by atoms with Gasteiger partial charge in [0.15, 0.2) is 0 Å². The van der Waals surface area contributed by atoms with Crippen LogP contribution in [-0.2, 0) is 9.53 Å². The maximum Gasteiger partial charge on any atom is 0.253 e. The van der Waals surface area contributed by atoms with Crippen LogP contribution in [0.2, 0.25) is 0 Å². The molecule has 100 valence electrons. The van der Waals surface area contributed by atoms with Gasteiger partial charge in [-0.1, -0.05) is 13.8 Å². The Hall–Kier alpha value is -0.650. The number of nitrogens with two attached hydrogens (primary N) is 1. The van der Waals surface area contributed by atoms with Crippen molar-refractivity contribution in [1.29, 1.82) is 0 Å². The molecule has 1 atom stereocenters. The van der Waals surface area contributed by atoms with Crippen molar-refractivity contribution in [2.75, 3.05) is 26.8 Å². The molecule has 3 N–H and O–H groups in total. The van der Waals surface area contributed by atoms with E-state index >= 15 is 0 Å². The minimum absolute atomic E-state index is 0.158. The van der Waals surface area contributed by atoms with E-state index in [4.69, 9.17) is 10.6 Å². The summed E-state index contributed by atoms with van der Waals surface area (Å²) in [5.41, 5.74) is 2.22. The lowest BCUT2D eigenvalue weighted by molar-refractivity contribution is -0.129. The Bertz CT molecular complexity index is 238. The molecule has 1 aliphatic rings. The molecule has 1 rings (SSSR count). The predicted octanol–water partition coefficient (Wildman–Crippen LogP) is 0.359. The lowest BCUT2D eigenvalue weighted by atomic mass is 9.86. The van der Waals surface area contributed by atoms with E-state index in [0.717, 1.165) is 37.8 Å². The van der Waals surface area contributed by atoms with Crippen LogP contribution >= 0.6 is 0 Å². The van der Waals surface area contributed by atoms with E-state index < -0.39 is 0 Å². The summed E-state index contributed by atoms with van der Waals surface area (Å²) in [6, 6.07) is -0.252. The van der Waals surface area contributed by atoms with Crippen LogP contribution in [0.1, 0.15) is 26.7 Å². The summed E-state index contributed by atoms with van der Waals surface area (Å²) in [6.07, 6.45) is 2.30. The van der Waals surface area contributed by atoms with Crippen molar-refractivity contribution in [1.82, 2.24) is 10.3 Å². The molecule has 0 saturated carbocycles. The minimum atomic E-state index is -0.252. The van der Waals surface area contributed by atoms with Crippen molar-refractivity contribution >= 4 is 5.91 Å². The number of hydrogen-bond acceptors (Lipinski definition) is 4. The van der Waals surface area contributed by atoms with Gasteiger partial charge >= 0.3 is 0 Å². The number of carbonyl (C=O) groups excluding carboxylic acids is 1. The molecule has 0 bridgehead atoms. The van der Waals surface area contributed by atoms with Gasteiger partial charge in [0.2, 0.25) is 0 Å². The van der Waals surface area contributed by atoms with E-state index in [-0.39, 0.29) is 11.9 Å². The fraction of sp³-hybridized carbons (Fsp3) is 0.917. The number of hydrogen-bond donors (Lipinski definition) is 2. The van der Waals surface area contributed by atoms with Crippen LogP contribution in [0.4, 0.5) is 0 Å². The molecule has 17 heavy (non-hydrogen) atoms. The first-order valence-corrected chi connectivity index (χ1v) is 6.33. The standard InChI is InChI=1S/C12H25N3O2/c1-9(2)10-4-6-15(7-5-10)11(8-17-3)12(16)14-13/h9-11H,4-8,13H2,1-3H3,(H,14,16). The number of piperidine rings is 1. The van der Waals surface area contributed by atoms with E-state index in [9.17, 15) is 4.79 Å². The minimum Gasteiger partial charge on any atom is -0.383 e. The van der Waals surface area contributed by atoms with Crippen molar-refractivity contribution in [2.45, 2.75) is 32.7 Å². The number of methoxy groups -OCH3 is 1. The number of hydrazine groups is 1. The first-order valence-electron chi connectivity index (χ1n) is 6.33. The van der Waals surface area contributed by atoms with Gasteiger partial charge in [0.1, 0.15) is 6.04 Å². The smallest absolute Gasteiger partial charge is 0.253 e. The largest absolute Gasteiger partial charge is 0.383 e. The number of nitrogens with one attached hydrogen (secondary N) is 1. The van der Waals surface area contributed by atoms with Gasteiger partial charge in [-0.25, -0.2) is 5.84 Å². The van der Waals surface area contributed by atoms with E-state index in [1.807, 2.05) is 0 Å². The molecule has 1 heterocycles. The molecular weight excluding hydrogens is 218 g/mol. The van der Waals surface area contributed by atoms with E-state index in [0.29, 0.717) is 6.61 Å². The third kappa shape index (κ3) is 3.94. The maximum absolute atomic E-state index is 11.7. The number of nitrogens with zero attached hydrogens (tertiary/aromatic N) is 1. The number of ether oxygens (including phenoxy) is 1. The Morgan fingerprint density at radius 1 is 1.47 bits per heavy atom. The highest BCUT2D eigenvalue weighted by molar-refractivity contribution is 5.81. The Balaban J connectivity index is 2.51. The van der Waals surface area contributed by atoms with Gasteiger partial charge in [-0.3, -0.25) is 15.1 Å². The average molecular weight is 243 g/mol. The molecule has 0 aromatic rings. The summed E-state index contributed by atoms with van der Waals surface area (Å²) in [6.45, 7) is 6.82. The SMILES string of the molecule is COCC(C(=O)NN)N1CCC(C(C)C)CC1. The highest BCUT2D eigenvalue weighted by atomic mass is 16.5. The van der Waals surface area contributed by atoms with Crippen molar-refractivity contribution in [2.24, 2.45) is 17.7 Å².